The van der Waals surface area contributed by atoms with Crippen molar-refractivity contribution in [2.75, 3.05) is 0 Å². The molecule has 0 aliphatic rings. The Morgan fingerprint density at radius 1 is 0.824 bits per heavy atom. The summed E-state index contributed by atoms with van der Waals surface area (Å²) in [5.41, 5.74) is 1.34. The van der Waals surface area contributed by atoms with E-state index in [1.54, 1.807) is 12.1 Å². The van der Waals surface area contributed by atoms with Gasteiger partial charge < -0.3 is 5.11 Å². The van der Waals surface area contributed by atoms with Gasteiger partial charge in [-0.05, 0) is 30.5 Å². The first kappa shape index (κ1) is 16.9. The van der Waals surface area contributed by atoms with Crippen LogP contribution >= 0.6 is 0 Å². The van der Waals surface area contributed by atoms with Gasteiger partial charge in [0.05, 0.1) is 0 Å². The van der Waals surface area contributed by atoms with E-state index in [4.69, 9.17) is 5.11 Å². The van der Waals surface area contributed by atoms with Gasteiger partial charge in [-0.25, -0.2) is 0 Å². The number of rotatable bonds is 8. The number of hydrogen-bond acceptors (Lipinski definition) is 1. The summed E-state index contributed by atoms with van der Waals surface area (Å²) < 4.78 is 0. The topological polar surface area (TPSA) is 20.2 Å². The molecule has 0 amide bonds. The van der Waals surface area contributed by atoms with Gasteiger partial charge in [-0.2, -0.15) is 0 Å². The zero-order chi connectivity index (χ0) is 11.6. The smallest absolute Gasteiger partial charge is 0.115 e. The second-order valence-corrected chi connectivity index (χ2v) is 4.54. The van der Waals surface area contributed by atoms with Crippen molar-refractivity contribution in [2.45, 2.75) is 58.3 Å². The minimum absolute atomic E-state index is 0. The van der Waals surface area contributed by atoms with Crippen LogP contribution in [0.1, 0.15) is 57.4 Å². The van der Waals surface area contributed by atoms with E-state index in [1.165, 1.54) is 50.5 Å². The van der Waals surface area contributed by atoms with Crippen LogP contribution in [0.15, 0.2) is 24.3 Å². The minimum Gasteiger partial charge on any atom is -0.508 e. The summed E-state index contributed by atoms with van der Waals surface area (Å²) in [5, 5.41) is 9.15. The maximum absolute atomic E-state index is 9.15. The van der Waals surface area contributed by atoms with Crippen molar-refractivity contribution in [3.05, 3.63) is 29.8 Å². The van der Waals surface area contributed by atoms with Gasteiger partial charge in [0.2, 0.25) is 0 Å². The Kier molecular flexibility index (Phi) is 11.0. The van der Waals surface area contributed by atoms with Crippen molar-refractivity contribution in [1.82, 2.24) is 0 Å². The quantitative estimate of drug-likeness (QED) is 0.691. The first-order valence-electron chi connectivity index (χ1n) is 6.61. The zero-order valence-electron chi connectivity index (χ0n) is 10.9. The number of phenolic OH excluding ortho intramolecular Hbond substituents is 1. The molecule has 0 spiro atoms. The van der Waals surface area contributed by atoms with Gasteiger partial charge in [0.1, 0.15) is 5.75 Å². The summed E-state index contributed by atoms with van der Waals surface area (Å²) in [4.78, 5) is 0. The predicted molar refractivity (Wildman–Crippen MR) is 69.8 cm³/mol. The molecule has 0 bridgehead atoms. The molecule has 0 saturated carbocycles. The van der Waals surface area contributed by atoms with Crippen LogP contribution in [0.4, 0.5) is 0 Å². The molecule has 0 saturated heterocycles. The Morgan fingerprint density at radius 2 is 1.35 bits per heavy atom. The van der Waals surface area contributed by atoms with Crippen molar-refractivity contribution in [2.24, 2.45) is 0 Å². The molecule has 94 valence electrons. The summed E-state index contributed by atoms with van der Waals surface area (Å²) >= 11 is 0. The fraction of sp³-hybridized carbons (Fsp3) is 0.600. The van der Waals surface area contributed by atoms with Gasteiger partial charge in [-0.1, -0.05) is 57.6 Å². The third kappa shape index (κ3) is 8.60. The third-order valence-electron chi connectivity index (χ3n) is 3.01. The van der Waals surface area contributed by atoms with Crippen LogP contribution in [-0.2, 0) is 32.6 Å². The number of hydrogen-bond donors (Lipinski definition) is 1. The fourth-order valence-corrected chi connectivity index (χ4v) is 1.95. The summed E-state index contributed by atoms with van der Waals surface area (Å²) in [6, 6.07) is 7.59. The van der Waals surface area contributed by atoms with Gasteiger partial charge in [0.25, 0.3) is 0 Å². The maximum atomic E-state index is 9.15. The van der Waals surface area contributed by atoms with E-state index in [2.05, 4.69) is 6.92 Å². The number of aryl methyl sites for hydroxylation is 1. The Balaban J connectivity index is 0.00000256. The Labute approximate surface area is 125 Å². The van der Waals surface area contributed by atoms with E-state index >= 15 is 0 Å². The van der Waals surface area contributed by atoms with E-state index in [0.717, 1.165) is 6.42 Å². The monoisotopic (exact) mass is 310 g/mol. The molecule has 17 heavy (non-hydrogen) atoms. The average molecular weight is 312 g/mol. The van der Waals surface area contributed by atoms with E-state index in [0.29, 0.717) is 5.75 Å². The van der Waals surface area contributed by atoms with Crippen molar-refractivity contribution < 1.29 is 31.3 Å². The van der Waals surface area contributed by atoms with E-state index < -0.39 is 0 Å². The minimum atomic E-state index is 0. The molecular formula is C15H24OZr. The molecule has 0 atom stereocenters. The summed E-state index contributed by atoms with van der Waals surface area (Å²) in [6.45, 7) is 2.25. The summed E-state index contributed by atoms with van der Waals surface area (Å²) in [7, 11) is 0. The summed E-state index contributed by atoms with van der Waals surface area (Å²) in [6.07, 6.45) is 10.6. The van der Waals surface area contributed by atoms with E-state index in [-0.39, 0.29) is 26.2 Å². The largest absolute Gasteiger partial charge is 0.508 e. The van der Waals surface area contributed by atoms with E-state index in [9.17, 15) is 0 Å². The molecule has 0 aromatic heterocycles. The number of aromatic hydroxyl groups is 1. The number of benzene rings is 1. The average Bonchev–Trinajstić information content (AvgIpc) is 2.30. The molecule has 0 unspecified atom stereocenters. The molecule has 1 aromatic rings. The summed E-state index contributed by atoms with van der Waals surface area (Å²) in [5.74, 6) is 0.364. The van der Waals surface area contributed by atoms with Gasteiger partial charge in [0, 0.05) is 26.2 Å². The van der Waals surface area contributed by atoms with Gasteiger partial charge in [-0.3, -0.25) is 0 Å². The Morgan fingerprint density at radius 3 is 1.94 bits per heavy atom. The van der Waals surface area contributed by atoms with Gasteiger partial charge in [-0.15, -0.1) is 0 Å². The molecule has 1 rings (SSSR count). The molecule has 0 heterocycles. The van der Waals surface area contributed by atoms with Crippen LogP contribution in [0.5, 0.6) is 5.75 Å². The number of unbranched alkanes of at least 4 members (excludes halogenated alkanes) is 6. The zero-order valence-corrected chi connectivity index (χ0v) is 13.4. The Bertz CT molecular complexity index is 269. The van der Waals surface area contributed by atoms with Gasteiger partial charge in [0.15, 0.2) is 0 Å². The van der Waals surface area contributed by atoms with Crippen LogP contribution in [0.3, 0.4) is 0 Å². The predicted octanol–water partition coefficient (Wildman–Crippen LogP) is 4.68. The second-order valence-electron chi connectivity index (χ2n) is 4.54. The van der Waals surface area contributed by atoms with Gasteiger partial charge >= 0.3 is 0 Å². The molecule has 0 fully saturated rings. The second kappa shape index (κ2) is 11.0. The molecule has 1 aromatic carbocycles. The molecule has 1 N–H and O–H groups in total. The maximum Gasteiger partial charge on any atom is 0.115 e. The molecule has 0 radical (unpaired) electrons. The molecule has 2 heteroatoms. The van der Waals surface area contributed by atoms with Crippen LogP contribution < -0.4 is 0 Å². The van der Waals surface area contributed by atoms with E-state index in [1.807, 2.05) is 12.1 Å². The fourth-order valence-electron chi connectivity index (χ4n) is 1.95. The first-order chi connectivity index (χ1) is 7.83. The molecular weight excluding hydrogens is 287 g/mol. The Hall–Kier alpha value is -0.0969. The van der Waals surface area contributed by atoms with Crippen LogP contribution in [0.25, 0.3) is 0 Å². The number of phenols is 1. The van der Waals surface area contributed by atoms with Crippen LogP contribution in [-0.4, -0.2) is 5.11 Å². The molecule has 1 nitrogen and oxygen atoms in total. The normalized spacial score (nSPS) is 9.94. The molecule has 0 aliphatic heterocycles. The first-order valence-corrected chi connectivity index (χ1v) is 6.61. The van der Waals surface area contributed by atoms with Crippen molar-refractivity contribution in [3.8, 4) is 5.75 Å². The van der Waals surface area contributed by atoms with Crippen LogP contribution in [0, 0.1) is 0 Å². The standard InChI is InChI=1S/C15H24O.Zr/c1-2-3-4-5-6-7-8-9-14-10-12-15(16)13-11-14;/h10-13,16H,2-9H2,1H3;. The van der Waals surface area contributed by atoms with Crippen molar-refractivity contribution >= 4 is 0 Å². The SMILES string of the molecule is CCCCCCCCCc1ccc(O)cc1.[Zr]. The van der Waals surface area contributed by atoms with Crippen molar-refractivity contribution in [1.29, 1.82) is 0 Å². The molecule has 0 aliphatic carbocycles. The van der Waals surface area contributed by atoms with Crippen LogP contribution in [0.2, 0.25) is 0 Å². The van der Waals surface area contributed by atoms with Crippen molar-refractivity contribution in [3.63, 3.8) is 0 Å². The third-order valence-corrected chi connectivity index (χ3v) is 3.01.